The molecule has 0 radical (unpaired) electrons. The van der Waals surface area contributed by atoms with E-state index in [4.69, 9.17) is 4.74 Å². The van der Waals surface area contributed by atoms with Crippen LogP contribution in [0, 0.1) is 0 Å². The lowest BCUT2D eigenvalue weighted by atomic mass is 10.2. The van der Waals surface area contributed by atoms with E-state index in [1.54, 1.807) is 17.0 Å². The van der Waals surface area contributed by atoms with Crippen molar-refractivity contribution >= 4 is 23.5 Å². The fraction of sp³-hybridized carbons (Fsp3) is 0.333. The number of ether oxygens (including phenoxy) is 2. The van der Waals surface area contributed by atoms with Crippen LogP contribution >= 0.6 is 0 Å². The molecule has 0 saturated carbocycles. The molecule has 33 heavy (non-hydrogen) atoms. The van der Waals surface area contributed by atoms with E-state index in [2.05, 4.69) is 9.72 Å². The predicted octanol–water partition coefficient (Wildman–Crippen LogP) is 2.42. The number of aromatic nitrogens is 1. The van der Waals surface area contributed by atoms with Crippen LogP contribution in [-0.2, 0) is 16.1 Å². The molecule has 2 fully saturated rings. The fourth-order valence-corrected chi connectivity index (χ4v) is 3.56. The van der Waals surface area contributed by atoms with Crippen LogP contribution in [0.5, 0.6) is 5.75 Å². The van der Waals surface area contributed by atoms with Crippen LogP contribution in [-0.4, -0.2) is 71.8 Å². The second-order valence-electron chi connectivity index (χ2n) is 7.36. The van der Waals surface area contributed by atoms with Crippen LogP contribution in [0.1, 0.15) is 16.1 Å². The van der Waals surface area contributed by atoms with Crippen molar-refractivity contribution in [1.29, 1.82) is 0 Å². The Kier molecular flexibility index (Phi) is 6.18. The SMILES string of the molecule is O=C(c1cc(CN2CC(=O)N(c3ccc(OC(F)(F)F)cc3)C2=O)ccn1)N1CCOCC1. The van der Waals surface area contributed by atoms with Crippen molar-refractivity contribution in [2.75, 3.05) is 37.7 Å². The minimum Gasteiger partial charge on any atom is -0.406 e. The molecule has 0 bridgehead atoms. The van der Waals surface area contributed by atoms with Crippen LogP contribution in [0.2, 0.25) is 0 Å². The highest BCUT2D eigenvalue weighted by atomic mass is 19.4. The number of imide groups is 1. The summed E-state index contributed by atoms with van der Waals surface area (Å²) < 4.78 is 46.0. The summed E-state index contributed by atoms with van der Waals surface area (Å²) in [6.45, 7) is 1.68. The molecule has 4 amide bonds. The van der Waals surface area contributed by atoms with E-state index >= 15 is 0 Å². The van der Waals surface area contributed by atoms with E-state index in [0.29, 0.717) is 31.9 Å². The van der Waals surface area contributed by atoms with Crippen molar-refractivity contribution in [3.05, 3.63) is 53.9 Å². The summed E-state index contributed by atoms with van der Waals surface area (Å²) in [7, 11) is 0. The third-order valence-electron chi connectivity index (χ3n) is 5.08. The quantitative estimate of drug-likeness (QED) is 0.632. The van der Waals surface area contributed by atoms with Gasteiger partial charge >= 0.3 is 12.4 Å². The summed E-state index contributed by atoms with van der Waals surface area (Å²) in [5.74, 6) is -1.23. The molecule has 2 aliphatic heterocycles. The molecule has 0 unspecified atom stereocenters. The maximum Gasteiger partial charge on any atom is 0.573 e. The second-order valence-corrected chi connectivity index (χ2v) is 7.36. The Hall–Kier alpha value is -3.67. The zero-order valence-electron chi connectivity index (χ0n) is 17.2. The number of rotatable bonds is 5. The molecule has 9 nitrogen and oxygen atoms in total. The molecule has 3 heterocycles. The molecule has 1 aromatic carbocycles. The summed E-state index contributed by atoms with van der Waals surface area (Å²) in [6, 6.07) is 7.04. The maximum absolute atomic E-state index is 12.8. The number of halogens is 3. The highest BCUT2D eigenvalue weighted by Gasteiger charge is 2.37. The average Bonchev–Trinajstić information content (AvgIpc) is 3.06. The minimum atomic E-state index is -4.84. The van der Waals surface area contributed by atoms with E-state index < -0.39 is 24.1 Å². The second kappa shape index (κ2) is 9.06. The first kappa shape index (κ1) is 22.5. The third kappa shape index (κ3) is 5.22. The molecule has 2 aromatic rings. The number of carbonyl (C=O) groups excluding carboxylic acids is 3. The van der Waals surface area contributed by atoms with Gasteiger partial charge in [-0.2, -0.15) is 0 Å². The standard InChI is InChI=1S/C21H19F3N4O5/c22-21(23,24)33-16-3-1-15(2-4-16)28-18(29)13-27(20(28)31)12-14-5-6-25-17(11-14)19(30)26-7-9-32-10-8-26/h1-6,11H,7-10,12-13H2. The zero-order chi connectivity index (χ0) is 23.6. The molecule has 2 aliphatic rings. The zero-order valence-corrected chi connectivity index (χ0v) is 17.2. The molecule has 0 aliphatic carbocycles. The van der Waals surface area contributed by atoms with Crippen molar-refractivity contribution in [3.63, 3.8) is 0 Å². The Morgan fingerprint density at radius 1 is 1.09 bits per heavy atom. The summed E-state index contributed by atoms with van der Waals surface area (Å²) in [5.41, 5.74) is 0.961. The molecule has 0 atom stereocenters. The molecule has 0 N–H and O–H groups in total. The number of urea groups is 1. The highest BCUT2D eigenvalue weighted by molar-refractivity contribution is 6.19. The normalized spacial score (nSPS) is 17.0. The van der Waals surface area contributed by atoms with Crippen LogP contribution < -0.4 is 9.64 Å². The number of hydrogen-bond acceptors (Lipinski definition) is 6. The van der Waals surface area contributed by atoms with Gasteiger partial charge in [0.25, 0.3) is 11.8 Å². The molecule has 4 rings (SSSR count). The first-order valence-corrected chi connectivity index (χ1v) is 10.0. The molecular weight excluding hydrogens is 445 g/mol. The van der Waals surface area contributed by atoms with Crippen LogP contribution in [0.3, 0.4) is 0 Å². The van der Waals surface area contributed by atoms with Gasteiger partial charge in [-0.15, -0.1) is 13.2 Å². The van der Waals surface area contributed by atoms with E-state index in [1.807, 2.05) is 0 Å². The number of benzene rings is 1. The van der Waals surface area contributed by atoms with E-state index in [0.717, 1.165) is 17.0 Å². The van der Waals surface area contributed by atoms with Gasteiger partial charge in [-0.3, -0.25) is 14.6 Å². The first-order valence-electron chi connectivity index (χ1n) is 10.0. The number of amides is 4. The van der Waals surface area contributed by atoms with Gasteiger partial charge in [0.15, 0.2) is 0 Å². The molecule has 12 heteroatoms. The van der Waals surface area contributed by atoms with Gasteiger partial charge in [0, 0.05) is 25.8 Å². The van der Waals surface area contributed by atoms with Gasteiger partial charge in [-0.1, -0.05) is 0 Å². The van der Waals surface area contributed by atoms with Gasteiger partial charge in [0.2, 0.25) is 0 Å². The molecule has 2 saturated heterocycles. The van der Waals surface area contributed by atoms with Gasteiger partial charge < -0.3 is 19.3 Å². The van der Waals surface area contributed by atoms with E-state index in [1.165, 1.54) is 23.2 Å². The van der Waals surface area contributed by atoms with Crippen molar-refractivity contribution in [2.45, 2.75) is 12.9 Å². The number of anilines is 1. The van der Waals surface area contributed by atoms with Crippen molar-refractivity contribution < 1.29 is 37.0 Å². The number of pyridine rings is 1. The average molecular weight is 464 g/mol. The van der Waals surface area contributed by atoms with Gasteiger partial charge in [-0.25, -0.2) is 9.69 Å². The van der Waals surface area contributed by atoms with E-state index in [9.17, 15) is 27.6 Å². The van der Waals surface area contributed by atoms with Gasteiger partial charge in [0.05, 0.1) is 18.9 Å². The molecular formula is C21H19F3N4O5. The first-order chi connectivity index (χ1) is 15.7. The topological polar surface area (TPSA) is 92.3 Å². The van der Waals surface area contributed by atoms with Gasteiger partial charge in [-0.05, 0) is 42.0 Å². The Balaban J connectivity index is 1.44. The lowest BCUT2D eigenvalue weighted by Gasteiger charge is -2.26. The Bertz CT molecular complexity index is 1050. The Morgan fingerprint density at radius 2 is 1.79 bits per heavy atom. The minimum absolute atomic E-state index is 0.0578. The number of hydrogen-bond donors (Lipinski definition) is 0. The van der Waals surface area contributed by atoms with Gasteiger partial charge in [0.1, 0.15) is 18.0 Å². The lowest BCUT2D eigenvalue weighted by Crippen LogP contribution is -2.41. The van der Waals surface area contributed by atoms with Crippen molar-refractivity contribution in [2.24, 2.45) is 0 Å². The smallest absolute Gasteiger partial charge is 0.406 e. The maximum atomic E-state index is 12.8. The Labute approximate surface area is 186 Å². The summed E-state index contributed by atoms with van der Waals surface area (Å²) in [4.78, 5) is 45.8. The summed E-state index contributed by atoms with van der Waals surface area (Å²) in [6.07, 6.45) is -3.38. The number of morpholine rings is 1. The predicted molar refractivity (Wildman–Crippen MR) is 107 cm³/mol. The number of carbonyl (C=O) groups is 3. The van der Waals surface area contributed by atoms with Crippen molar-refractivity contribution in [3.8, 4) is 5.75 Å². The molecule has 174 valence electrons. The summed E-state index contributed by atoms with van der Waals surface area (Å²) in [5, 5.41) is 0. The number of nitrogens with zero attached hydrogens (tertiary/aromatic N) is 4. The van der Waals surface area contributed by atoms with Crippen LogP contribution in [0.4, 0.5) is 23.7 Å². The monoisotopic (exact) mass is 464 g/mol. The van der Waals surface area contributed by atoms with Crippen LogP contribution in [0.25, 0.3) is 0 Å². The fourth-order valence-electron chi connectivity index (χ4n) is 3.56. The van der Waals surface area contributed by atoms with E-state index in [-0.39, 0.29) is 30.4 Å². The molecule has 1 aromatic heterocycles. The third-order valence-corrected chi connectivity index (χ3v) is 5.08. The lowest BCUT2D eigenvalue weighted by molar-refractivity contribution is -0.274. The highest BCUT2D eigenvalue weighted by Crippen LogP contribution is 2.28. The van der Waals surface area contributed by atoms with Crippen molar-refractivity contribution in [1.82, 2.24) is 14.8 Å². The number of alkyl halides is 3. The Morgan fingerprint density at radius 3 is 2.45 bits per heavy atom. The van der Waals surface area contributed by atoms with Crippen LogP contribution in [0.15, 0.2) is 42.6 Å². The summed E-state index contributed by atoms with van der Waals surface area (Å²) >= 11 is 0. The largest absolute Gasteiger partial charge is 0.573 e. The molecule has 0 spiro atoms.